The number of guanidine groups is 1. The molecule has 0 aliphatic carbocycles. The molecule has 0 radical (unpaired) electrons. The number of hydrogen-bond acceptors (Lipinski definition) is 4. The van der Waals surface area contributed by atoms with Crippen molar-refractivity contribution in [2.24, 2.45) is 4.99 Å². The highest BCUT2D eigenvalue weighted by Crippen LogP contribution is 2.24. The molecule has 0 amide bonds. The van der Waals surface area contributed by atoms with Crippen molar-refractivity contribution >= 4 is 5.96 Å². The highest BCUT2D eigenvalue weighted by Gasteiger charge is 2.15. The van der Waals surface area contributed by atoms with Crippen LogP contribution in [-0.4, -0.2) is 80.3 Å². The van der Waals surface area contributed by atoms with Crippen LogP contribution in [0.1, 0.15) is 57.8 Å². The first-order chi connectivity index (χ1) is 14.3. The molecule has 0 saturated carbocycles. The van der Waals surface area contributed by atoms with Gasteiger partial charge in [0.2, 0.25) is 0 Å². The fourth-order valence-electron chi connectivity index (χ4n) is 3.57. The van der Waals surface area contributed by atoms with E-state index in [-0.39, 0.29) is 5.41 Å². The lowest BCUT2D eigenvalue weighted by Crippen LogP contribution is -2.44. The van der Waals surface area contributed by atoms with Crippen LogP contribution in [0.2, 0.25) is 0 Å². The SMILES string of the molecule is CCNC(=NCC(O)c1ccc(C(C)(C)C)cc1)NCCCCN1CCN(C)CC1. The van der Waals surface area contributed by atoms with Gasteiger partial charge in [0.15, 0.2) is 5.96 Å². The van der Waals surface area contributed by atoms with Crippen LogP contribution in [0.15, 0.2) is 29.3 Å². The van der Waals surface area contributed by atoms with Crippen molar-refractivity contribution in [2.75, 3.05) is 59.4 Å². The van der Waals surface area contributed by atoms with Gasteiger partial charge in [-0.2, -0.15) is 0 Å². The van der Waals surface area contributed by atoms with Crippen LogP contribution in [0.25, 0.3) is 0 Å². The number of nitrogens with one attached hydrogen (secondary N) is 2. The molecule has 1 aliphatic heterocycles. The Bertz CT molecular complexity index is 630. The summed E-state index contributed by atoms with van der Waals surface area (Å²) in [4.78, 5) is 9.53. The smallest absolute Gasteiger partial charge is 0.191 e. The molecule has 1 heterocycles. The normalized spacial score (nSPS) is 17.7. The summed E-state index contributed by atoms with van der Waals surface area (Å²) < 4.78 is 0. The predicted molar refractivity (Wildman–Crippen MR) is 127 cm³/mol. The molecule has 2 rings (SSSR count). The number of nitrogens with zero attached hydrogens (tertiary/aromatic N) is 3. The van der Waals surface area contributed by atoms with Gasteiger partial charge < -0.3 is 25.5 Å². The first-order valence-corrected chi connectivity index (χ1v) is 11.5. The molecule has 3 N–H and O–H groups in total. The van der Waals surface area contributed by atoms with Crippen molar-refractivity contribution in [2.45, 2.75) is 52.1 Å². The first kappa shape index (κ1) is 24.6. The molecule has 0 aromatic heterocycles. The van der Waals surface area contributed by atoms with E-state index in [9.17, 15) is 5.11 Å². The molecule has 1 aliphatic rings. The topological polar surface area (TPSA) is 63.1 Å². The van der Waals surface area contributed by atoms with Gasteiger partial charge in [-0.25, -0.2) is 0 Å². The van der Waals surface area contributed by atoms with Crippen molar-refractivity contribution in [3.05, 3.63) is 35.4 Å². The molecule has 1 atom stereocenters. The van der Waals surface area contributed by atoms with Crippen molar-refractivity contribution in [3.63, 3.8) is 0 Å². The summed E-state index contributed by atoms with van der Waals surface area (Å²) in [5, 5.41) is 17.2. The summed E-state index contributed by atoms with van der Waals surface area (Å²) in [6, 6.07) is 8.23. The summed E-state index contributed by atoms with van der Waals surface area (Å²) in [6.07, 6.45) is 1.72. The molecular formula is C24H43N5O. The van der Waals surface area contributed by atoms with E-state index in [4.69, 9.17) is 0 Å². The lowest BCUT2D eigenvalue weighted by Gasteiger charge is -2.32. The number of rotatable bonds is 9. The number of unbranched alkanes of at least 4 members (excludes halogenated alkanes) is 1. The monoisotopic (exact) mass is 417 g/mol. The van der Waals surface area contributed by atoms with E-state index in [1.807, 2.05) is 12.1 Å². The summed E-state index contributed by atoms with van der Waals surface area (Å²) in [6.45, 7) is 16.6. The lowest BCUT2D eigenvalue weighted by atomic mass is 9.86. The third-order valence-electron chi connectivity index (χ3n) is 5.72. The van der Waals surface area contributed by atoms with Crippen molar-refractivity contribution in [1.29, 1.82) is 0 Å². The minimum Gasteiger partial charge on any atom is -0.386 e. The largest absolute Gasteiger partial charge is 0.386 e. The predicted octanol–water partition coefficient (Wildman–Crippen LogP) is 2.60. The fraction of sp³-hybridized carbons (Fsp3) is 0.708. The maximum atomic E-state index is 10.5. The second-order valence-electron chi connectivity index (χ2n) is 9.39. The molecular weight excluding hydrogens is 374 g/mol. The molecule has 0 spiro atoms. The van der Waals surface area contributed by atoms with Gasteiger partial charge in [0.25, 0.3) is 0 Å². The van der Waals surface area contributed by atoms with Gasteiger partial charge in [-0.3, -0.25) is 4.99 Å². The summed E-state index contributed by atoms with van der Waals surface area (Å²) in [5.41, 5.74) is 2.30. The standard InChI is InChI=1S/C24H43N5O/c1-6-25-23(26-13-7-8-14-29-17-15-28(5)16-18-29)27-19-22(30)20-9-11-21(12-10-20)24(2,3)4/h9-12,22,30H,6-8,13-19H2,1-5H3,(H2,25,26,27). The summed E-state index contributed by atoms with van der Waals surface area (Å²) in [7, 11) is 2.20. The maximum Gasteiger partial charge on any atom is 0.191 e. The minimum atomic E-state index is -0.591. The van der Waals surface area contributed by atoms with Gasteiger partial charge in [-0.05, 0) is 49.9 Å². The Morgan fingerprint density at radius 3 is 2.33 bits per heavy atom. The molecule has 1 aromatic rings. The lowest BCUT2D eigenvalue weighted by molar-refractivity contribution is 0.152. The molecule has 6 heteroatoms. The fourth-order valence-corrected chi connectivity index (χ4v) is 3.57. The van der Waals surface area contributed by atoms with Gasteiger partial charge in [0, 0.05) is 39.3 Å². The molecule has 30 heavy (non-hydrogen) atoms. The van der Waals surface area contributed by atoms with E-state index >= 15 is 0 Å². The molecule has 1 aromatic carbocycles. The van der Waals surface area contributed by atoms with E-state index in [0.29, 0.717) is 6.54 Å². The number of piperazine rings is 1. The van der Waals surface area contributed by atoms with Crippen LogP contribution in [0.3, 0.4) is 0 Å². The first-order valence-electron chi connectivity index (χ1n) is 11.5. The zero-order valence-corrected chi connectivity index (χ0v) is 19.7. The Morgan fingerprint density at radius 2 is 1.73 bits per heavy atom. The number of aliphatic imine (C=N–C) groups is 1. The van der Waals surface area contributed by atoms with Crippen LogP contribution >= 0.6 is 0 Å². The number of hydrogen-bond donors (Lipinski definition) is 3. The van der Waals surface area contributed by atoms with Crippen LogP contribution in [0, 0.1) is 0 Å². The zero-order valence-electron chi connectivity index (χ0n) is 19.7. The Morgan fingerprint density at radius 1 is 1.07 bits per heavy atom. The van der Waals surface area contributed by atoms with E-state index in [2.05, 4.69) is 72.3 Å². The molecule has 0 bridgehead atoms. The Balaban J connectivity index is 1.73. The van der Waals surface area contributed by atoms with Gasteiger partial charge in [0.1, 0.15) is 0 Å². The van der Waals surface area contributed by atoms with Crippen LogP contribution in [-0.2, 0) is 5.41 Å². The summed E-state index contributed by atoms with van der Waals surface area (Å²) in [5.74, 6) is 0.780. The van der Waals surface area contributed by atoms with Gasteiger partial charge in [-0.1, -0.05) is 45.0 Å². The Kier molecular flexibility index (Phi) is 10.1. The molecule has 170 valence electrons. The van der Waals surface area contributed by atoms with E-state index < -0.39 is 6.10 Å². The van der Waals surface area contributed by atoms with E-state index in [0.717, 1.165) is 31.0 Å². The Hall–Kier alpha value is -1.63. The highest BCUT2D eigenvalue weighted by molar-refractivity contribution is 5.79. The Labute approximate surface area is 183 Å². The van der Waals surface area contributed by atoms with Crippen LogP contribution in [0.4, 0.5) is 0 Å². The van der Waals surface area contributed by atoms with E-state index in [1.54, 1.807) is 0 Å². The number of aliphatic hydroxyl groups excluding tert-OH is 1. The number of likely N-dealkylation sites (N-methyl/N-ethyl adjacent to an activating group) is 1. The third-order valence-corrected chi connectivity index (χ3v) is 5.72. The molecule has 1 saturated heterocycles. The minimum absolute atomic E-state index is 0.119. The second kappa shape index (κ2) is 12.3. The van der Waals surface area contributed by atoms with Crippen molar-refractivity contribution in [1.82, 2.24) is 20.4 Å². The summed E-state index contributed by atoms with van der Waals surface area (Å²) >= 11 is 0. The van der Waals surface area contributed by atoms with Crippen LogP contribution in [0.5, 0.6) is 0 Å². The molecule has 1 fully saturated rings. The average molecular weight is 418 g/mol. The van der Waals surface area contributed by atoms with Crippen LogP contribution < -0.4 is 10.6 Å². The molecule has 1 unspecified atom stereocenters. The van der Waals surface area contributed by atoms with Crippen molar-refractivity contribution < 1.29 is 5.11 Å². The average Bonchev–Trinajstić information content (AvgIpc) is 2.72. The zero-order chi connectivity index (χ0) is 22.0. The van der Waals surface area contributed by atoms with Crippen molar-refractivity contribution in [3.8, 4) is 0 Å². The second-order valence-corrected chi connectivity index (χ2v) is 9.39. The number of aliphatic hydroxyl groups is 1. The van der Waals surface area contributed by atoms with Gasteiger partial charge in [-0.15, -0.1) is 0 Å². The number of benzene rings is 1. The van der Waals surface area contributed by atoms with Gasteiger partial charge >= 0.3 is 0 Å². The highest BCUT2D eigenvalue weighted by atomic mass is 16.3. The van der Waals surface area contributed by atoms with Gasteiger partial charge in [0.05, 0.1) is 12.6 Å². The van der Waals surface area contributed by atoms with E-state index in [1.165, 1.54) is 44.7 Å². The maximum absolute atomic E-state index is 10.5. The quantitative estimate of drug-likeness (QED) is 0.327. The third kappa shape index (κ3) is 8.62. The molecule has 6 nitrogen and oxygen atoms in total.